The molecule has 0 bridgehead atoms. The quantitative estimate of drug-likeness (QED) is 0.148. The lowest BCUT2D eigenvalue weighted by molar-refractivity contribution is -0.160. The van der Waals surface area contributed by atoms with Gasteiger partial charge in [0.2, 0.25) is 17.2 Å². The van der Waals surface area contributed by atoms with Crippen molar-refractivity contribution in [1.29, 1.82) is 0 Å². The van der Waals surface area contributed by atoms with Crippen LogP contribution in [-0.4, -0.2) is 102 Å². The third-order valence-corrected chi connectivity index (χ3v) is 11.2. The van der Waals surface area contributed by atoms with E-state index in [0.29, 0.717) is 0 Å². The molecule has 1 aliphatic heterocycles. The Morgan fingerprint density at radius 3 is 1.85 bits per heavy atom. The summed E-state index contributed by atoms with van der Waals surface area (Å²) in [5.74, 6) is -11.7. The molecule has 53 heavy (non-hydrogen) atoms. The van der Waals surface area contributed by atoms with Gasteiger partial charge in [0.15, 0.2) is 28.7 Å². The van der Waals surface area contributed by atoms with Crippen LogP contribution in [0.15, 0.2) is 35.4 Å². The minimum Gasteiger partial charge on any atom is -0.507 e. The van der Waals surface area contributed by atoms with Gasteiger partial charge in [0.1, 0.15) is 23.7 Å². The number of carbonyl (C=O) groups is 8. The van der Waals surface area contributed by atoms with Crippen molar-refractivity contribution in [3.63, 3.8) is 0 Å². The predicted octanol–water partition coefficient (Wildman–Crippen LogP) is 1.91. The van der Waals surface area contributed by atoms with E-state index in [0.717, 1.165) is 38.1 Å². The van der Waals surface area contributed by atoms with Gasteiger partial charge in [0.25, 0.3) is 0 Å². The van der Waals surface area contributed by atoms with Crippen LogP contribution in [0, 0.1) is 11.8 Å². The standard InChI is InChI=1S/C38H34O15/c1-13(51-15(3)39)27-26-25(21(41)11-35(27,5)49)31(46)23-19(30(26)45)9-7-17(28(23)43)18-8-10-20-24(29(18)44)34(48)37-22(42)12-36(6,50)32(14(2)52-16(4)40)38(37,53-37)33(20)47/h7-10,13-14,27,32,43-44,49-50H,11-12H2,1-6H3. The number of aromatic hydroxyl groups is 2. The largest absolute Gasteiger partial charge is 0.507 e. The first kappa shape index (κ1) is 36.0. The van der Waals surface area contributed by atoms with E-state index in [1.807, 2.05) is 0 Å². The predicted molar refractivity (Wildman–Crippen MR) is 176 cm³/mol. The van der Waals surface area contributed by atoms with E-state index < -0.39 is 134 Å². The number of phenols is 2. The number of fused-ring (bicyclic) bond motifs is 2. The van der Waals surface area contributed by atoms with Crippen molar-refractivity contribution in [2.45, 2.75) is 89.0 Å². The number of esters is 2. The number of hydrogen-bond acceptors (Lipinski definition) is 15. The van der Waals surface area contributed by atoms with Gasteiger partial charge in [-0.25, -0.2) is 0 Å². The zero-order valence-corrected chi connectivity index (χ0v) is 29.3. The number of carbonyl (C=O) groups excluding carboxylic acids is 8. The number of rotatable bonds is 5. The van der Waals surface area contributed by atoms with Crippen LogP contribution in [0.25, 0.3) is 11.1 Å². The van der Waals surface area contributed by atoms with Gasteiger partial charge < -0.3 is 34.6 Å². The summed E-state index contributed by atoms with van der Waals surface area (Å²) in [4.78, 5) is 107. The number of aliphatic hydroxyl groups is 2. The molecular weight excluding hydrogens is 696 g/mol. The molecule has 15 heteroatoms. The van der Waals surface area contributed by atoms with Crippen LogP contribution in [0.3, 0.4) is 0 Å². The van der Waals surface area contributed by atoms with E-state index in [1.165, 1.54) is 27.7 Å². The second kappa shape index (κ2) is 11.1. The highest BCUT2D eigenvalue weighted by Gasteiger charge is 2.91. The molecule has 276 valence electrons. The Labute approximate surface area is 300 Å². The number of ketones is 6. The van der Waals surface area contributed by atoms with Gasteiger partial charge in [0.05, 0.1) is 39.7 Å². The van der Waals surface area contributed by atoms with Crippen LogP contribution in [-0.2, 0) is 33.4 Å². The maximum Gasteiger partial charge on any atom is 0.302 e. The van der Waals surface area contributed by atoms with Gasteiger partial charge in [0, 0.05) is 54.5 Å². The molecule has 0 radical (unpaired) electrons. The topological polar surface area (TPSA) is 248 Å². The highest BCUT2D eigenvalue weighted by Crippen LogP contribution is 2.67. The third kappa shape index (κ3) is 4.50. The van der Waals surface area contributed by atoms with Crippen LogP contribution >= 0.6 is 0 Å². The lowest BCUT2D eigenvalue weighted by Crippen LogP contribution is -2.66. The molecule has 1 saturated heterocycles. The van der Waals surface area contributed by atoms with E-state index in [4.69, 9.17) is 14.2 Å². The maximum atomic E-state index is 14.3. The monoisotopic (exact) mass is 730 g/mol. The minimum atomic E-state index is -2.46. The van der Waals surface area contributed by atoms with Crippen molar-refractivity contribution < 1.29 is 73.0 Å². The Morgan fingerprint density at radius 1 is 0.736 bits per heavy atom. The SMILES string of the molecule is CC(=O)OC(C)C1C2=C(C(=O)CC1(C)O)C(=O)c1c(ccc(-c3ccc4c(c3O)C(=O)C35OC3(C4=O)C(C(C)OC(C)=O)C(C)(O)CC5=O)c1O)C2=O. The van der Waals surface area contributed by atoms with Gasteiger partial charge >= 0.3 is 11.9 Å². The molecular formula is C38H34O15. The molecule has 1 saturated carbocycles. The minimum absolute atomic E-state index is 0.292. The number of benzene rings is 2. The second-order valence-electron chi connectivity index (χ2n) is 14.9. The van der Waals surface area contributed by atoms with Crippen LogP contribution in [0.2, 0.25) is 0 Å². The summed E-state index contributed by atoms with van der Waals surface area (Å²) < 4.78 is 16.3. The second-order valence-corrected chi connectivity index (χ2v) is 14.9. The number of ether oxygens (including phenoxy) is 3. The number of allylic oxidation sites excluding steroid dienone is 1. The van der Waals surface area contributed by atoms with Gasteiger partial charge in [-0.05, 0) is 52.0 Å². The van der Waals surface area contributed by atoms with Crippen LogP contribution in [0.5, 0.6) is 11.5 Å². The number of phenolic OH excluding ortho intramolecular Hbond substituents is 2. The molecule has 15 nitrogen and oxygen atoms in total. The molecule has 0 aromatic heterocycles. The van der Waals surface area contributed by atoms with E-state index in [9.17, 15) is 58.8 Å². The summed E-state index contributed by atoms with van der Waals surface area (Å²) in [6.07, 6.45) is -3.61. The Kier molecular flexibility index (Phi) is 7.52. The number of Topliss-reactive ketones (excluding diaryl/α,β-unsaturated/α-hetero) is 6. The lowest BCUT2D eigenvalue weighted by Gasteiger charge is -2.44. The smallest absolute Gasteiger partial charge is 0.302 e. The Morgan fingerprint density at radius 2 is 1.26 bits per heavy atom. The Hall–Kier alpha value is -5.38. The summed E-state index contributed by atoms with van der Waals surface area (Å²) in [7, 11) is 0. The summed E-state index contributed by atoms with van der Waals surface area (Å²) >= 11 is 0. The molecule has 7 rings (SSSR count). The zero-order chi connectivity index (χ0) is 39.1. The molecule has 1 heterocycles. The van der Waals surface area contributed by atoms with Gasteiger partial charge in [-0.3, -0.25) is 38.4 Å². The fourth-order valence-electron chi connectivity index (χ4n) is 9.43. The van der Waals surface area contributed by atoms with Crippen molar-refractivity contribution >= 4 is 46.6 Å². The van der Waals surface area contributed by atoms with E-state index in [1.54, 1.807) is 0 Å². The molecule has 4 aliphatic carbocycles. The normalized spacial score (nSPS) is 32.5. The van der Waals surface area contributed by atoms with Crippen molar-refractivity contribution in [2.75, 3.05) is 0 Å². The van der Waals surface area contributed by atoms with Crippen molar-refractivity contribution in [2.24, 2.45) is 11.8 Å². The molecule has 2 aromatic rings. The first-order chi connectivity index (χ1) is 24.6. The van der Waals surface area contributed by atoms with Crippen molar-refractivity contribution in [3.05, 3.63) is 57.7 Å². The van der Waals surface area contributed by atoms with Crippen molar-refractivity contribution in [1.82, 2.24) is 0 Å². The summed E-state index contributed by atoms with van der Waals surface area (Å²) in [6, 6.07) is 4.58. The highest BCUT2D eigenvalue weighted by atomic mass is 16.7. The van der Waals surface area contributed by atoms with Gasteiger partial charge in [-0.1, -0.05) is 0 Å². The first-order valence-electron chi connectivity index (χ1n) is 16.8. The Bertz CT molecular complexity index is 2220. The zero-order valence-electron chi connectivity index (χ0n) is 29.3. The average molecular weight is 731 g/mol. The molecule has 8 atom stereocenters. The van der Waals surface area contributed by atoms with Crippen LogP contribution in [0.4, 0.5) is 0 Å². The fraction of sp³-hybridized carbons (Fsp3) is 0.421. The molecule has 4 N–H and O–H groups in total. The molecule has 2 fully saturated rings. The molecule has 0 spiro atoms. The molecule has 5 aliphatic rings. The van der Waals surface area contributed by atoms with Crippen LogP contribution in [0.1, 0.15) is 95.8 Å². The fourth-order valence-corrected chi connectivity index (χ4v) is 9.43. The summed E-state index contributed by atoms with van der Waals surface area (Å²) in [5, 5.41) is 45.7. The Balaban J connectivity index is 1.35. The van der Waals surface area contributed by atoms with Gasteiger partial charge in [-0.15, -0.1) is 0 Å². The van der Waals surface area contributed by atoms with E-state index >= 15 is 0 Å². The number of epoxide rings is 1. The number of hydrogen-bond donors (Lipinski definition) is 4. The molecule has 8 unspecified atom stereocenters. The van der Waals surface area contributed by atoms with Gasteiger partial charge in [-0.2, -0.15) is 0 Å². The third-order valence-electron chi connectivity index (χ3n) is 11.2. The molecule has 2 aromatic carbocycles. The summed E-state index contributed by atoms with van der Waals surface area (Å²) in [6.45, 7) is 7.55. The summed E-state index contributed by atoms with van der Waals surface area (Å²) in [5.41, 5.74) is -12.1. The molecule has 0 amide bonds. The maximum absolute atomic E-state index is 14.3. The lowest BCUT2D eigenvalue weighted by atomic mass is 9.56. The first-order valence-corrected chi connectivity index (χ1v) is 16.8. The van der Waals surface area contributed by atoms with E-state index in [-0.39, 0.29) is 27.8 Å². The van der Waals surface area contributed by atoms with E-state index in [2.05, 4.69) is 0 Å². The van der Waals surface area contributed by atoms with Crippen LogP contribution < -0.4 is 0 Å². The average Bonchev–Trinajstić information content (AvgIpc) is 3.73. The highest BCUT2D eigenvalue weighted by molar-refractivity contribution is 6.39. The van der Waals surface area contributed by atoms with Crippen molar-refractivity contribution in [3.8, 4) is 22.6 Å².